The van der Waals surface area contributed by atoms with Crippen molar-refractivity contribution in [2.24, 2.45) is 0 Å². The number of H-pyrrole nitrogens is 2. The Balaban J connectivity index is 1.75. The van der Waals surface area contributed by atoms with Crippen LogP contribution in [-0.4, -0.2) is 23.0 Å². The van der Waals surface area contributed by atoms with Crippen LogP contribution >= 0.6 is 0 Å². The third-order valence-electron chi connectivity index (χ3n) is 6.03. The first-order valence-electron chi connectivity index (χ1n) is 10.4. The number of rotatable bonds is 4. The normalized spacial score (nSPS) is 11.5. The van der Waals surface area contributed by atoms with Gasteiger partial charge in [-0.3, -0.25) is 0 Å². The summed E-state index contributed by atoms with van der Waals surface area (Å²) in [6.45, 7) is 4.23. The Kier molecular flexibility index (Phi) is 4.63. The van der Waals surface area contributed by atoms with E-state index in [2.05, 4.69) is 72.6 Å². The lowest BCUT2D eigenvalue weighted by Crippen LogP contribution is -2.05. The zero-order valence-corrected chi connectivity index (χ0v) is 17.8. The molecule has 0 aliphatic carbocycles. The van der Waals surface area contributed by atoms with Gasteiger partial charge in [-0.05, 0) is 66.9 Å². The number of carbonyl (C=O) groups excluding carboxylic acids is 1. The first-order valence-corrected chi connectivity index (χ1v) is 10.4. The molecule has 0 amide bonds. The third kappa shape index (κ3) is 3.30. The molecule has 2 N–H and O–H groups in total. The van der Waals surface area contributed by atoms with Gasteiger partial charge in [0.25, 0.3) is 0 Å². The van der Waals surface area contributed by atoms with Crippen LogP contribution in [0.15, 0.2) is 73.1 Å². The Morgan fingerprint density at radius 2 is 1.29 bits per heavy atom. The number of methoxy groups -OCH3 is 1. The van der Waals surface area contributed by atoms with Crippen LogP contribution in [0, 0.1) is 13.8 Å². The van der Waals surface area contributed by atoms with Gasteiger partial charge in [-0.25, -0.2) is 4.79 Å². The van der Waals surface area contributed by atoms with Gasteiger partial charge < -0.3 is 14.7 Å². The minimum atomic E-state index is -0.325. The summed E-state index contributed by atoms with van der Waals surface area (Å²) in [4.78, 5) is 18.8. The first-order chi connectivity index (χ1) is 15.0. The Bertz CT molecular complexity index is 1330. The molecule has 0 saturated carbocycles. The fourth-order valence-corrected chi connectivity index (χ4v) is 4.45. The topological polar surface area (TPSA) is 57.9 Å². The molecule has 4 heteroatoms. The maximum absolute atomic E-state index is 11.9. The first kappa shape index (κ1) is 19.2. The van der Waals surface area contributed by atoms with Gasteiger partial charge in [-0.1, -0.05) is 35.4 Å². The molecule has 2 aromatic heterocycles. The number of hydrogen-bond acceptors (Lipinski definition) is 2. The number of ether oxygens (including phenoxy) is 1. The molecule has 2 heterocycles. The zero-order valence-electron chi connectivity index (χ0n) is 17.8. The Morgan fingerprint density at radius 3 is 1.77 bits per heavy atom. The van der Waals surface area contributed by atoms with Crippen molar-refractivity contribution in [3.63, 3.8) is 0 Å². The molecule has 0 aliphatic heterocycles. The van der Waals surface area contributed by atoms with Crippen LogP contribution in [0.2, 0.25) is 0 Å². The molecule has 5 aromatic rings. The zero-order chi connectivity index (χ0) is 21.5. The Morgan fingerprint density at radius 1 is 0.774 bits per heavy atom. The summed E-state index contributed by atoms with van der Waals surface area (Å²) in [6, 6.07) is 20.7. The minimum Gasteiger partial charge on any atom is -0.465 e. The summed E-state index contributed by atoms with van der Waals surface area (Å²) >= 11 is 0. The molecule has 0 atom stereocenters. The van der Waals surface area contributed by atoms with Gasteiger partial charge in [0.1, 0.15) is 0 Å². The fourth-order valence-electron chi connectivity index (χ4n) is 4.45. The maximum atomic E-state index is 11.9. The van der Waals surface area contributed by atoms with E-state index in [-0.39, 0.29) is 11.9 Å². The highest BCUT2D eigenvalue weighted by molar-refractivity contribution is 5.91. The fraction of sp³-hybridized carbons (Fsp3) is 0.148. The number of nitrogens with one attached hydrogen (secondary N) is 2. The number of carbonyl (C=O) groups is 1. The summed E-state index contributed by atoms with van der Waals surface area (Å²) in [5.41, 5.74) is 8.79. The van der Waals surface area contributed by atoms with Gasteiger partial charge in [0.05, 0.1) is 12.7 Å². The largest absolute Gasteiger partial charge is 0.465 e. The van der Waals surface area contributed by atoms with E-state index >= 15 is 0 Å². The van der Waals surface area contributed by atoms with Crippen LogP contribution in [0.5, 0.6) is 0 Å². The minimum absolute atomic E-state index is 0.0118. The number of aryl methyl sites for hydroxylation is 2. The van der Waals surface area contributed by atoms with Crippen molar-refractivity contribution in [3.05, 3.63) is 106 Å². The highest BCUT2D eigenvalue weighted by atomic mass is 16.5. The van der Waals surface area contributed by atoms with Gasteiger partial charge in [0.15, 0.2) is 0 Å². The molecule has 0 unspecified atom stereocenters. The molecule has 0 radical (unpaired) electrons. The van der Waals surface area contributed by atoms with Gasteiger partial charge in [-0.15, -0.1) is 0 Å². The smallest absolute Gasteiger partial charge is 0.337 e. The van der Waals surface area contributed by atoms with Crippen LogP contribution in [0.25, 0.3) is 21.8 Å². The Hall–Kier alpha value is -3.79. The monoisotopic (exact) mass is 408 g/mol. The van der Waals surface area contributed by atoms with Crippen molar-refractivity contribution in [3.8, 4) is 0 Å². The van der Waals surface area contributed by atoms with E-state index < -0.39 is 0 Å². The van der Waals surface area contributed by atoms with Crippen molar-refractivity contribution in [2.45, 2.75) is 19.8 Å². The van der Waals surface area contributed by atoms with Gasteiger partial charge in [0, 0.05) is 40.1 Å². The van der Waals surface area contributed by atoms with Crippen molar-refractivity contribution in [2.75, 3.05) is 7.11 Å². The SMILES string of the molecule is COC(=O)c1ccc(C(c2c[nH]c3ccc(C)cc23)c2c[nH]c3ccc(C)cc23)cc1. The molecule has 4 nitrogen and oxygen atoms in total. The second-order valence-electron chi connectivity index (χ2n) is 8.13. The number of fused-ring (bicyclic) bond motifs is 2. The van der Waals surface area contributed by atoms with Crippen molar-refractivity contribution in [1.29, 1.82) is 0 Å². The summed E-state index contributed by atoms with van der Waals surface area (Å²) < 4.78 is 4.87. The second-order valence-corrected chi connectivity index (χ2v) is 8.13. The lowest BCUT2D eigenvalue weighted by Gasteiger charge is -2.18. The van der Waals surface area contributed by atoms with Crippen LogP contribution in [-0.2, 0) is 4.74 Å². The lowest BCUT2D eigenvalue weighted by atomic mass is 9.84. The van der Waals surface area contributed by atoms with E-state index in [4.69, 9.17) is 4.74 Å². The molecule has 0 saturated heterocycles. The third-order valence-corrected chi connectivity index (χ3v) is 6.03. The molecule has 0 fully saturated rings. The highest BCUT2D eigenvalue weighted by Gasteiger charge is 2.23. The van der Waals surface area contributed by atoms with E-state index in [0.717, 1.165) is 16.6 Å². The standard InChI is InChI=1S/C27H24N2O2/c1-16-4-10-24-20(12-16)22(14-28-24)26(18-6-8-19(9-7-18)27(30)31-3)23-15-29-25-11-5-17(2)13-21(23)25/h4-15,26,28-29H,1-3H3. The summed E-state index contributed by atoms with van der Waals surface area (Å²) in [6.07, 6.45) is 4.22. The predicted octanol–water partition coefficient (Wildman–Crippen LogP) is 6.23. The van der Waals surface area contributed by atoms with Crippen molar-refractivity contribution < 1.29 is 9.53 Å². The number of benzene rings is 3. The molecule has 154 valence electrons. The molecular weight excluding hydrogens is 384 g/mol. The maximum Gasteiger partial charge on any atom is 0.337 e. The molecule has 5 rings (SSSR count). The average molecular weight is 409 g/mol. The summed E-state index contributed by atoms with van der Waals surface area (Å²) in [7, 11) is 1.40. The number of aromatic nitrogens is 2. The number of hydrogen-bond donors (Lipinski definition) is 2. The highest BCUT2D eigenvalue weighted by Crippen LogP contribution is 2.39. The summed E-state index contributed by atoms with van der Waals surface area (Å²) in [5.74, 6) is -0.314. The molecular formula is C27H24N2O2. The van der Waals surface area contributed by atoms with E-state index in [9.17, 15) is 4.79 Å². The van der Waals surface area contributed by atoms with Gasteiger partial charge >= 0.3 is 5.97 Å². The van der Waals surface area contributed by atoms with Gasteiger partial charge in [-0.2, -0.15) is 0 Å². The second kappa shape index (κ2) is 7.47. The van der Waals surface area contributed by atoms with Crippen LogP contribution in [0.4, 0.5) is 0 Å². The van der Waals surface area contributed by atoms with E-state index in [1.54, 1.807) is 0 Å². The van der Waals surface area contributed by atoms with E-state index in [1.165, 1.54) is 40.1 Å². The van der Waals surface area contributed by atoms with Gasteiger partial charge in [0.2, 0.25) is 0 Å². The van der Waals surface area contributed by atoms with Crippen LogP contribution in [0.1, 0.15) is 44.1 Å². The van der Waals surface area contributed by atoms with Crippen molar-refractivity contribution in [1.82, 2.24) is 9.97 Å². The molecule has 0 aliphatic rings. The lowest BCUT2D eigenvalue weighted by molar-refractivity contribution is 0.0600. The van der Waals surface area contributed by atoms with Crippen LogP contribution in [0.3, 0.4) is 0 Å². The molecule has 0 spiro atoms. The molecule has 31 heavy (non-hydrogen) atoms. The molecule has 0 bridgehead atoms. The van der Waals surface area contributed by atoms with Crippen molar-refractivity contribution >= 4 is 27.8 Å². The Labute approximate surface area is 180 Å². The molecule has 3 aromatic carbocycles. The van der Waals surface area contributed by atoms with E-state index in [1.807, 2.05) is 24.3 Å². The summed E-state index contributed by atoms with van der Waals surface area (Å²) in [5, 5.41) is 2.42. The number of esters is 1. The van der Waals surface area contributed by atoms with E-state index in [0.29, 0.717) is 5.56 Å². The van der Waals surface area contributed by atoms with Crippen LogP contribution < -0.4 is 0 Å². The predicted molar refractivity (Wildman–Crippen MR) is 125 cm³/mol. The average Bonchev–Trinajstić information content (AvgIpc) is 3.38. The quantitative estimate of drug-likeness (QED) is 0.346. The number of aromatic amines is 2.